The van der Waals surface area contributed by atoms with Crippen LogP contribution in [0.5, 0.6) is 0 Å². The first kappa shape index (κ1) is 16.9. The van der Waals surface area contributed by atoms with E-state index in [1.54, 1.807) is 6.92 Å². The minimum absolute atomic E-state index is 0.146. The molecule has 2 rings (SSSR count). The summed E-state index contributed by atoms with van der Waals surface area (Å²) >= 11 is 0. The maximum atomic E-state index is 12.5. The van der Waals surface area contributed by atoms with E-state index >= 15 is 0 Å². The number of amides is 1. The number of hydrogen-bond donors (Lipinski definition) is 2. The summed E-state index contributed by atoms with van der Waals surface area (Å²) in [5.74, 6) is -1.53. The molecule has 0 atom stereocenters. The van der Waals surface area contributed by atoms with Crippen LogP contribution < -0.4 is 5.32 Å². The molecule has 8 heteroatoms. The Balaban J connectivity index is 2.25. The smallest absolute Gasteiger partial charge is 0.305 e. The number of ether oxygens (including phenoxy) is 1. The monoisotopic (exact) mass is 322 g/mol. The number of nitro groups is 1. The average molecular weight is 322 g/mol. The van der Waals surface area contributed by atoms with Crippen LogP contribution in [0.1, 0.15) is 35.2 Å². The van der Waals surface area contributed by atoms with Gasteiger partial charge in [0, 0.05) is 30.9 Å². The molecule has 23 heavy (non-hydrogen) atoms. The van der Waals surface area contributed by atoms with Gasteiger partial charge in [0.25, 0.3) is 11.6 Å². The van der Waals surface area contributed by atoms with E-state index < -0.39 is 22.3 Å². The molecule has 1 aliphatic heterocycles. The molecule has 124 valence electrons. The van der Waals surface area contributed by atoms with Gasteiger partial charge in [0.05, 0.1) is 16.9 Å². The highest BCUT2D eigenvalue weighted by molar-refractivity contribution is 5.95. The quantitative estimate of drug-likeness (QED) is 0.628. The summed E-state index contributed by atoms with van der Waals surface area (Å²) in [4.78, 5) is 33.9. The Morgan fingerprint density at radius 1 is 1.35 bits per heavy atom. The van der Waals surface area contributed by atoms with Gasteiger partial charge in [-0.25, -0.2) is 0 Å². The lowest BCUT2D eigenvalue weighted by Crippen LogP contribution is -2.53. The highest BCUT2D eigenvalue weighted by Crippen LogP contribution is 2.26. The van der Waals surface area contributed by atoms with Gasteiger partial charge in [-0.15, -0.1) is 0 Å². The lowest BCUT2D eigenvalue weighted by Gasteiger charge is -2.36. The van der Waals surface area contributed by atoms with Crippen LogP contribution >= 0.6 is 0 Å². The van der Waals surface area contributed by atoms with Gasteiger partial charge in [-0.2, -0.15) is 0 Å². The van der Waals surface area contributed by atoms with Crippen LogP contribution in [0.15, 0.2) is 18.2 Å². The van der Waals surface area contributed by atoms with Crippen molar-refractivity contribution in [3.63, 3.8) is 0 Å². The van der Waals surface area contributed by atoms with Crippen molar-refractivity contribution in [1.29, 1.82) is 0 Å². The Hall–Kier alpha value is -2.48. The van der Waals surface area contributed by atoms with Gasteiger partial charge in [-0.05, 0) is 31.4 Å². The van der Waals surface area contributed by atoms with Gasteiger partial charge in [0.15, 0.2) is 0 Å². The summed E-state index contributed by atoms with van der Waals surface area (Å²) < 4.78 is 5.23. The number of nitrogens with one attached hydrogen (secondary N) is 1. The van der Waals surface area contributed by atoms with Crippen molar-refractivity contribution in [1.82, 2.24) is 5.32 Å². The second kappa shape index (κ2) is 6.74. The van der Waals surface area contributed by atoms with Crippen LogP contribution in [-0.2, 0) is 9.53 Å². The van der Waals surface area contributed by atoms with Crippen molar-refractivity contribution >= 4 is 17.6 Å². The Bertz CT molecular complexity index is 637. The van der Waals surface area contributed by atoms with Crippen molar-refractivity contribution in [3.05, 3.63) is 39.4 Å². The van der Waals surface area contributed by atoms with Crippen LogP contribution in [0, 0.1) is 17.0 Å². The molecule has 1 aromatic rings. The van der Waals surface area contributed by atoms with Crippen LogP contribution in [0.2, 0.25) is 0 Å². The molecule has 0 radical (unpaired) electrons. The molecule has 1 fully saturated rings. The van der Waals surface area contributed by atoms with Gasteiger partial charge in [-0.3, -0.25) is 19.7 Å². The summed E-state index contributed by atoms with van der Waals surface area (Å²) in [5, 5.41) is 22.8. The van der Waals surface area contributed by atoms with Crippen molar-refractivity contribution in [2.75, 3.05) is 13.2 Å². The van der Waals surface area contributed by atoms with E-state index in [9.17, 15) is 19.7 Å². The lowest BCUT2D eigenvalue weighted by atomic mass is 9.86. The van der Waals surface area contributed by atoms with Crippen molar-refractivity contribution in [2.45, 2.75) is 31.7 Å². The largest absolute Gasteiger partial charge is 0.481 e. The minimum atomic E-state index is -1.01. The number of carboxylic acid groups (broad SMARTS) is 1. The molecular weight excluding hydrogens is 304 g/mol. The molecule has 0 aromatic heterocycles. The number of rotatable bonds is 5. The van der Waals surface area contributed by atoms with E-state index in [1.807, 2.05) is 0 Å². The van der Waals surface area contributed by atoms with E-state index in [2.05, 4.69) is 5.32 Å². The summed E-state index contributed by atoms with van der Waals surface area (Å²) in [6, 6.07) is 4.10. The molecule has 0 spiro atoms. The minimum Gasteiger partial charge on any atom is -0.481 e. The van der Waals surface area contributed by atoms with E-state index in [0.29, 0.717) is 31.6 Å². The Kier molecular flexibility index (Phi) is 4.95. The molecule has 1 aliphatic rings. The van der Waals surface area contributed by atoms with E-state index in [4.69, 9.17) is 9.84 Å². The second-order valence-corrected chi connectivity index (χ2v) is 5.73. The molecule has 8 nitrogen and oxygen atoms in total. The fourth-order valence-corrected chi connectivity index (χ4v) is 2.71. The molecule has 0 unspecified atom stereocenters. The third kappa shape index (κ3) is 4.26. The molecule has 0 bridgehead atoms. The van der Waals surface area contributed by atoms with Crippen molar-refractivity contribution in [3.8, 4) is 0 Å². The first-order chi connectivity index (χ1) is 10.8. The summed E-state index contributed by atoms with van der Waals surface area (Å²) in [6.07, 6.45) is 0.563. The van der Waals surface area contributed by atoms with Gasteiger partial charge >= 0.3 is 5.97 Å². The van der Waals surface area contributed by atoms with E-state index in [1.165, 1.54) is 18.2 Å². The standard InChI is InChI=1S/C15H18N2O6/c1-10-6-11(8-12(7-10)17(21)22)14(20)16-15(9-13(18)19)2-4-23-5-3-15/h6-8H,2-5,9H2,1H3,(H,16,20)(H,18,19). The Morgan fingerprint density at radius 2 is 2.00 bits per heavy atom. The van der Waals surface area contributed by atoms with Crippen molar-refractivity contribution < 1.29 is 24.4 Å². The van der Waals surface area contributed by atoms with Gasteiger partial charge in [-0.1, -0.05) is 0 Å². The Labute approximate surface area is 132 Å². The van der Waals surface area contributed by atoms with Crippen molar-refractivity contribution in [2.24, 2.45) is 0 Å². The predicted octanol–water partition coefficient (Wildman–Crippen LogP) is 1.66. The third-order valence-electron chi connectivity index (χ3n) is 3.85. The normalized spacial score (nSPS) is 16.6. The zero-order chi connectivity index (χ0) is 17.0. The summed E-state index contributed by atoms with van der Waals surface area (Å²) in [5.41, 5.74) is -0.328. The molecule has 2 N–H and O–H groups in total. The summed E-state index contributed by atoms with van der Waals surface area (Å²) in [6.45, 7) is 2.38. The molecule has 1 aromatic carbocycles. The zero-order valence-electron chi connectivity index (χ0n) is 12.7. The van der Waals surface area contributed by atoms with Crippen LogP contribution in [0.4, 0.5) is 5.69 Å². The van der Waals surface area contributed by atoms with Gasteiger partial charge in [0.2, 0.25) is 0 Å². The number of hydrogen-bond acceptors (Lipinski definition) is 5. The highest BCUT2D eigenvalue weighted by Gasteiger charge is 2.36. The maximum absolute atomic E-state index is 12.5. The SMILES string of the molecule is Cc1cc(C(=O)NC2(CC(=O)O)CCOCC2)cc([N+](=O)[O-])c1. The summed E-state index contributed by atoms with van der Waals surface area (Å²) in [7, 11) is 0. The molecule has 0 saturated carbocycles. The number of carbonyl (C=O) groups is 2. The molecular formula is C15H18N2O6. The third-order valence-corrected chi connectivity index (χ3v) is 3.85. The fourth-order valence-electron chi connectivity index (χ4n) is 2.71. The number of benzene rings is 1. The van der Waals surface area contributed by atoms with Crippen LogP contribution in [0.25, 0.3) is 0 Å². The van der Waals surface area contributed by atoms with E-state index in [-0.39, 0.29) is 17.7 Å². The number of aliphatic carboxylic acids is 1. The average Bonchev–Trinajstić information content (AvgIpc) is 2.46. The maximum Gasteiger partial charge on any atom is 0.305 e. The first-order valence-corrected chi connectivity index (χ1v) is 7.19. The Morgan fingerprint density at radius 3 is 2.57 bits per heavy atom. The number of carbonyl (C=O) groups excluding carboxylic acids is 1. The fraction of sp³-hybridized carbons (Fsp3) is 0.467. The molecule has 1 heterocycles. The van der Waals surface area contributed by atoms with E-state index in [0.717, 1.165) is 0 Å². The zero-order valence-corrected chi connectivity index (χ0v) is 12.7. The molecule has 1 amide bonds. The lowest BCUT2D eigenvalue weighted by molar-refractivity contribution is -0.384. The number of carboxylic acids is 1. The second-order valence-electron chi connectivity index (χ2n) is 5.73. The van der Waals surface area contributed by atoms with Gasteiger partial charge < -0.3 is 15.2 Å². The van der Waals surface area contributed by atoms with Crippen LogP contribution in [-0.4, -0.2) is 40.7 Å². The van der Waals surface area contributed by atoms with Gasteiger partial charge in [0.1, 0.15) is 0 Å². The number of aryl methyl sites for hydroxylation is 1. The number of non-ortho nitro benzene ring substituents is 1. The first-order valence-electron chi connectivity index (χ1n) is 7.19. The number of nitro benzene ring substituents is 1. The molecule has 0 aliphatic carbocycles. The van der Waals surface area contributed by atoms with Crippen LogP contribution in [0.3, 0.4) is 0 Å². The number of nitrogens with zero attached hydrogens (tertiary/aromatic N) is 1. The predicted molar refractivity (Wildman–Crippen MR) is 80.3 cm³/mol. The molecule has 1 saturated heterocycles. The topological polar surface area (TPSA) is 119 Å². The highest BCUT2D eigenvalue weighted by atomic mass is 16.6.